The molecule has 0 spiro atoms. The average Bonchev–Trinajstić information content (AvgIpc) is 2.97. The van der Waals surface area contributed by atoms with E-state index in [1.54, 1.807) is 0 Å². The third-order valence-corrected chi connectivity index (χ3v) is 7.18. The van der Waals surface area contributed by atoms with Gasteiger partial charge in [-0.05, 0) is 70.0 Å². The Morgan fingerprint density at radius 1 is 1.00 bits per heavy atom. The van der Waals surface area contributed by atoms with Crippen molar-refractivity contribution in [1.29, 1.82) is 0 Å². The number of likely N-dealkylation sites (tertiary alicyclic amines) is 1. The van der Waals surface area contributed by atoms with Gasteiger partial charge in [-0.15, -0.1) is 0 Å². The molecule has 0 radical (unpaired) electrons. The smallest absolute Gasteiger partial charge is 0.150 e. The van der Waals surface area contributed by atoms with E-state index in [4.69, 9.17) is 0 Å². The van der Waals surface area contributed by atoms with Crippen molar-refractivity contribution in [2.24, 2.45) is 0 Å². The Kier molecular flexibility index (Phi) is 4.58. The van der Waals surface area contributed by atoms with Crippen molar-refractivity contribution < 1.29 is 8.42 Å². The molecule has 3 nitrogen and oxygen atoms in total. The van der Waals surface area contributed by atoms with Gasteiger partial charge in [0.15, 0.2) is 0 Å². The predicted molar refractivity (Wildman–Crippen MR) is 95.5 cm³/mol. The number of nitrogens with zero attached hydrogens (tertiary/aromatic N) is 1. The van der Waals surface area contributed by atoms with Gasteiger partial charge < -0.3 is 0 Å². The van der Waals surface area contributed by atoms with Crippen LogP contribution in [0.4, 0.5) is 0 Å². The Bertz CT molecular complexity index is 646. The van der Waals surface area contributed by atoms with E-state index in [2.05, 4.69) is 49.9 Å². The van der Waals surface area contributed by atoms with Crippen LogP contribution >= 0.6 is 0 Å². The topological polar surface area (TPSA) is 37.4 Å². The van der Waals surface area contributed by atoms with Crippen LogP contribution in [0.1, 0.15) is 69.5 Å². The molecule has 0 saturated carbocycles. The van der Waals surface area contributed by atoms with Gasteiger partial charge in [0, 0.05) is 11.6 Å². The number of hydrogen-bond acceptors (Lipinski definition) is 3. The first-order valence-electron chi connectivity index (χ1n) is 8.84. The summed E-state index contributed by atoms with van der Waals surface area (Å²) in [7, 11) is -2.80. The van der Waals surface area contributed by atoms with Crippen LogP contribution in [0.15, 0.2) is 24.3 Å². The molecule has 0 aliphatic carbocycles. The molecule has 0 unspecified atom stereocenters. The summed E-state index contributed by atoms with van der Waals surface area (Å²) in [5, 5.41) is 0. The molecule has 1 atom stereocenters. The van der Waals surface area contributed by atoms with E-state index in [9.17, 15) is 8.42 Å². The molecule has 3 rings (SSSR count). The van der Waals surface area contributed by atoms with Crippen molar-refractivity contribution in [3.8, 4) is 0 Å². The Hall–Kier alpha value is -0.870. The quantitative estimate of drug-likeness (QED) is 0.822. The highest BCUT2D eigenvalue weighted by Gasteiger charge is 2.36. The summed E-state index contributed by atoms with van der Waals surface area (Å²) < 4.78 is 23.5. The van der Waals surface area contributed by atoms with Crippen molar-refractivity contribution in [3.05, 3.63) is 35.4 Å². The second-order valence-electron chi connectivity index (χ2n) is 8.08. The van der Waals surface area contributed by atoms with Crippen molar-refractivity contribution in [2.75, 3.05) is 18.1 Å². The maximum Gasteiger partial charge on any atom is 0.150 e. The number of rotatable bonds is 2. The Balaban J connectivity index is 1.89. The van der Waals surface area contributed by atoms with Crippen LogP contribution in [0.3, 0.4) is 0 Å². The van der Waals surface area contributed by atoms with Crippen molar-refractivity contribution in [3.63, 3.8) is 0 Å². The highest BCUT2D eigenvalue weighted by molar-refractivity contribution is 7.91. The zero-order valence-electron chi connectivity index (χ0n) is 14.6. The molecule has 2 aliphatic heterocycles. The maximum atomic E-state index is 11.7. The molecule has 128 valence electrons. The minimum Gasteiger partial charge on any atom is -0.291 e. The first kappa shape index (κ1) is 17.0. The monoisotopic (exact) mass is 335 g/mol. The van der Waals surface area contributed by atoms with E-state index in [1.807, 2.05) is 0 Å². The highest BCUT2D eigenvalue weighted by Crippen LogP contribution is 2.42. The minimum atomic E-state index is -2.80. The lowest BCUT2D eigenvalue weighted by atomic mass is 9.86. The molecular formula is C19H29NO2S. The molecule has 2 saturated heterocycles. The fourth-order valence-corrected chi connectivity index (χ4v) is 5.77. The molecular weight excluding hydrogens is 306 g/mol. The third kappa shape index (κ3) is 3.63. The summed E-state index contributed by atoms with van der Waals surface area (Å²) >= 11 is 0. The standard InChI is InChI=1S/C19H29NO2S/c1-19(2,3)20-12-6-9-18(20)17-8-5-4-7-16(17)15-10-13-23(21,22)14-11-15/h4-5,7-8,15,18H,6,9-14H2,1-3H3/t18-/m1/s1. The normalized spacial score (nSPS) is 26.5. The molecule has 4 heteroatoms. The van der Waals surface area contributed by atoms with Gasteiger partial charge in [0.2, 0.25) is 0 Å². The van der Waals surface area contributed by atoms with Gasteiger partial charge >= 0.3 is 0 Å². The van der Waals surface area contributed by atoms with Gasteiger partial charge in [-0.2, -0.15) is 0 Å². The lowest BCUT2D eigenvalue weighted by Gasteiger charge is -2.38. The van der Waals surface area contributed by atoms with Gasteiger partial charge in [-0.1, -0.05) is 24.3 Å². The summed E-state index contributed by atoms with van der Waals surface area (Å²) in [6.07, 6.45) is 4.01. The molecule has 2 aliphatic rings. The van der Waals surface area contributed by atoms with E-state index in [-0.39, 0.29) is 5.54 Å². The molecule has 0 bridgehead atoms. The summed E-state index contributed by atoms with van der Waals surface area (Å²) in [5.41, 5.74) is 3.00. The van der Waals surface area contributed by atoms with Crippen molar-refractivity contribution in [1.82, 2.24) is 4.90 Å². The van der Waals surface area contributed by atoms with Gasteiger partial charge in [0.1, 0.15) is 9.84 Å². The fourth-order valence-electron chi connectivity index (χ4n) is 4.28. The molecule has 1 aromatic carbocycles. The largest absolute Gasteiger partial charge is 0.291 e. The number of hydrogen-bond donors (Lipinski definition) is 0. The Morgan fingerprint density at radius 3 is 2.22 bits per heavy atom. The summed E-state index contributed by atoms with van der Waals surface area (Å²) in [6, 6.07) is 9.23. The summed E-state index contributed by atoms with van der Waals surface area (Å²) in [6.45, 7) is 8.03. The van der Waals surface area contributed by atoms with E-state index in [0.29, 0.717) is 23.5 Å². The summed E-state index contributed by atoms with van der Waals surface area (Å²) in [4.78, 5) is 2.62. The lowest BCUT2D eigenvalue weighted by Crippen LogP contribution is -2.41. The predicted octanol–water partition coefficient (Wildman–Crippen LogP) is 3.91. The van der Waals surface area contributed by atoms with Gasteiger partial charge in [-0.3, -0.25) is 4.90 Å². The van der Waals surface area contributed by atoms with E-state index < -0.39 is 9.84 Å². The molecule has 2 heterocycles. The third-order valence-electron chi connectivity index (χ3n) is 5.46. The minimum absolute atomic E-state index is 0.171. The van der Waals surface area contributed by atoms with Crippen LogP contribution in [0.5, 0.6) is 0 Å². The average molecular weight is 336 g/mol. The number of sulfone groups is 1. The van der Waals surface area contributed by atoms with E-state index in [1.165, 1.54) is 24.0 Å². The van der Waals surface area contributed by atoms with Crippen LogP contribution in [-0.2, 0) is 9.84 Å². The van der Waals surface area contributed by atoms with Crippen LogP contribution in [0.25, 0.3) is 0 Å². The Labute approximate surface area is 141 Å². The molecule has 23 heavy (non-hydrogen) atoms. The van der Waals surface area contributed by atoms with Crippen molar-refractivity contribution >= 4 is 9.84 Å². The lowest BCUT2D eigenvalue weighted by molar-refractivity contribution is 0.121. The first-order valence-corrected chi connectivity index (χ1v) is 10.7. The highest BCUT2D eigenvalue weighted by atomic mass is 32.2. The van der Waals surface area contributed by atoms with Gasteiger partial charge in [0.25, 0.3) is 0 Å². The van der Waals surface area contributed by atoms with E-state index >= 15 is 0 Å². The van der Waals surface area contributed by atoms with Crippen LogP contribution in [0, 0.1) is 0 Å². The SMILES string of the molecule is CC(C)(C)N1CCC[C@@H]1c1ccccc1C1CCS(=O)(=O)CC1. The van der Waals surface area contributed by atoms with E-state index in [0.717, 1.165) is 19.4 Å². The van der Waals surface area contributed by atoms with Gasteiger partial charge in [-0.25, -0.2) is 8.42 Å². The number of benzene rings is 1. The van der Waals surface area contributed by atoms with Crippen LogP contribution < -0.4 is 0 Å². The molecule has 0 amide bonds. The molecule has 1 aromatic rings. The second-order valence-corrected chi connectivity index (χ2v) is 10.4. The Morgan fingerprint density at radius 2 is 1.61 bits per heavy atom. The zero-order valence-corrected chi connectivity index (χ0v) is 15.4. The molecule has 2 fully saturated rings. The van der Waals surface area contributed by atoms with Crippen molar-refractivity contribution in [2.45, 2.75) is 64.0 Å². The maximum absolute atomic E-state index is 11.7. The molecule has 0 N–H and O–H groups in total. The summed E-state index contributed by atoms with van der Waals surface area (Å²) in [5.74, 6) is 1.09. The fraction of sp³-hybridized carbons (Fsp3) is 0.684. The van der Waals surface area contributed by atoms with Crippen LogP contribution in [-0.4, -0.2) is 36.9 Å². The second kappa shape index (κ2) is 6.21. The van der Waals surface area contributed by atoms with Crippen LogP contribution in [0.2, 0.25) is 0 Å². The first-order chi connectivity index (χ1) is 10.8. The zero-order chi connectivity index (χ0) is 16.7. The molecule has 0 aromatic heterocycles. The van der Waals surface area contributed by atoms with Gasteiger partial charge in [0.05, 0.1) is 11.5 Å².